The van der Waals surface area contributed by atoms with Crippen molar-refractivity contribution in [2.24, 2.45) is 4.99 Å². The molecule has 8 heteroatoms. The zero-order valence-corrected chi connectivity index (χ0v) is 17.7. The maximum Gasteiger partial charge on any atom is 0.409 e. The molecule has 0 saturated heterocycles. The van der Waals surface area contributed by atoms with Gasteiger partial charge in [-0.05, 0) is 35.9 Å². The highest BCUT2D eigenvalue weighted by Crippen LogP contribution is 2.28. The summed E-state index contributed by atoms with van der Waals surface area (Å²) < 4.78 is 20.5. The number of halogens is 2. The Morgan fingerprint density at radius 2 is 1.81 bits per heavy atom. The first kappa shape index (κ1) is 20.7. The Morgan fingerprint density at radius 1 is 1.06 bits per heavy atom. The number of ether oxygens (including phenoxy) is 1. The van der Waals surface area contributed by atoms with Crippen LogP contribution in [0.1, 0.15) is 16.7 Å². The number of amides is 2. The second-order valence-corrected chi connectivity index (χ2v) is 7.66. The molecule has 0 saturated carbocycles. The molecule has 3 aromatic carbocycles. The number of alkyl carbamates (subject to hydrolysis) is 1. The number of rotatable bonds is 4. The normalized spacial score (nSPS) is 15.2. The number of nitrogens with zero attached hydrogens (tertiary/aromatic N) is 1. The van der Waals surface area contributed by atoms with Crippen molar-refractivity contribution in [3.8, 4) is 0 Å². The van der Waals surface area contributed by atoms with E-state index in [1.165, 1.54) is 6.07 Å². The number of benzene rings is 3. The van der Waals surface area contributed by atoms with Crippen LogP contribution in [0.5, 0.6) is 0 Å². The Labute approximate surface area is 186 Å². The number of hydrogen-bond acceptors (Lipinski definition) is 4. The topological polar surface area (TPSA) is 79.8 Å². The maximum absolute atomic E-state index is 14.6. The fraction of sp³-hybridized carbons (Fsp3) is 0.0870. The van der Waals surface area contributed by atoms with Gasteiger partial charge in [0.05, 0.1) is 11.4 Å². The highest BCUT2D eigenvalue weighted by molar-refractivity contribution is 9.10. The number of carbonyl (C=O) groups is 2. The molecular weight excluding hydrogens is 465 g/mol. The zero-order chi connectivity index (χ0) is 21.8. The number of anilines is 1. The van der Waals surface area contributed by atoms with Crippen molar-refractivity contribution in [1.29, 1.82) is 0 Å². The van der Waals surface area contributed by atoms with Crippen molar-refractivity contribution in [1.82, 2.24) is 5.32 Å². The van der Waals surface area contributed by atoms with Gasteiger partial charge in [0.25, 0.3) is 5.91 Å². The standard InChI is InChI=1S/C23H17BrFN3O3/c24-15-10-11-19-17(12-15)20(16-8-4-5-9-18(16)25)27-21(22(29)26-19)28-23(30)31-13-14-6-2-1-3-7-14/h1-12,21H,13H2,(H,26,29)(H,28,30). The molecule has 1 atom stereocenters. The van der Waals surface area contributed by atoms with Crippen molar-refractivity contribution >= 4 is 39.3 Å². The van der Waals surface area contributed by atoms with Crippen LogP contribution in [-0.4, -0.2) is 23.9 Å². The van der Waals surface area contributed by atoms with Gasteiger partial charge in [0.1, 0.15) is 12.4 Å². The van der Waals surface area contributed by atoms with Crippen LogP contribution in [-0.2, 0) is 16.1 Å². The van der Waals surface area contributed by atoms with Crippen molar-refractivity contribution in [3.63, 3.8) is 0 Å². The number of aliphatic imine (C=N–C) groups is 1. The van der Waals surface area contributed by atoms with Crippen molar-refractivity contribution in [2.45, 2.75) is 12.8 Å². The van der Waals surface area contributed by atoms with Gasteiger partial charge < -0.3 is 10.1 Å². The number of fused-ring (bicyclic) bond motifs is 1. The SMILES string of the molecule is O=C(NC1N=C(c2ccccc2F)c2cc(Br)ccc2NC1=O)OCc1ccccc1. The summed E-state index contributed by atoms with van der Waals surface area (Å²) in [4.78, 5) is 29.5. The van der Waals surface area contributed by atoms with Crippen LogP contribution in [0.3, 0.4) is 0 Å². The van der Waals surface area contributed by atoms with E-state index in [0.29, 0.717) is 11.3 Å². The van der Waals surface area contributed by atoms with E-state index in [1.54, 1.807) is 36.4 Å². The molecule has 0 aromatic heterocycles. The van der Waals surface area contributed by atoms with Gasteiger partial charge in [-0.3, -0.25) is 10.1 Å². The zero-order valence-electron chi connectivity index (χ0n) is 16.1. The summed E-state index contributed by atoms with van der Waals surface area (Å²) in [7, 11) is 0. The number of benzodiazepines with no additional fused rings is 1. The molecule has 1 aliphatic heterocycles. The molecule has 1 unspecified atom stereocenters. The maximum atomic E-state index is 14.6. The summed E-state index contributed by atoms with van der Waals surface area (Å²) in [6.45, 7) is 0.0398. The number of carbonyl (C=O) groups excluding carboxylic acids is 2. The molecule has 156 valence electrons. The van der Waals surface area contributed by atoms with Crippen molar-refractivity contribution < 1.29 is 18.7 Å². The van der Waals surface area contributed by atoms with Gasteiger partial charge in [0.15, 0.2) is 0 Å². The van der Waals surface area contributed by atoms with E-state index in [1.807, 2.05) is 30.3 Å². The van der Waals surface area contributed by atoms with Gasteiger partial charge in [0, 0.05) is 15.6 Å². The van der Waals surface area contributed by atoms with Gasteiger partial charge >= 0.3 is 6.09 Å². The molecule has 1 heterocycles. The average Bonchev–Trinajstić information content (AvgIpc) is 2.90. The molecule has 0 aliphatic carbocycles. The predicted molar refractivity (Wildman–Crippen MR) is 118 cm³/mol. The van der Waals surface area contributed by atoms with E-state index < -0.39 is 24.0 Å². The highest BCUT2D eigenvalue weighted by Gasteiger charge is 2.28. The molecular formula is C23H17BrFN3O3. The van der Waals surface area contributed by atoms with Crippen LogP contribution in [0.2, 0.25) is 0 Å². The molecule has 4 rings (SSSR count). The second kappa shape index (κ2) is 9.09. The molecule has 0 bridgehead atoms. The first-order valence-electron chi connectivity index (χ1n) is 9.42. The Balaban J connectivity index is 1.64. The molecule has 6 nitrogen and oxygen atoms in total. The van der Waals surface area contributed by atoms with E-state index in [0.717, 1.165) is 10.0 Å². The molecule has 2 amide bonds. The highest BCUT2D eigenvalue weighted by atomic mass is 79.9. The van der Waals surface area contributed by atoms with E-state index in [9.17, 15) is 14.0 Å². The van der Waals surface area contributed by atoms with Crippen molar-refractivity contribution in [2.75, 3.05) is 5.32 Å². The monoisotopic (exact) mass is 481 g/mol. The first-order valence-corrected chi connectivity index (χ1v) is 10.2. The Kier molecular flexibility index (Phi) is 6.08. The first-order chi connectivity index (χ1) is 15.0. The van der Waals surface area contributed by atoms with Crippen LogP contribution in [0, 0.1) is 5.82 Å². The quantitative estimate of drug-likeness (QED) is 0.569. The minimum atomic E-state index is -1.30. The Bertz CT molecular complexity index is 1170. The van der Waals surface area contributed by atoms with E-state index in [2.05, 4.69) is 31.6 Å². The molecule has 3 aromatic rings. The summed E-state index contributed by atoms with van der Waals surface area (Å²) in [6.07, 6.45) is -2.11. The van der Waals surface area contributed by atoms with Gasteiger partial charge in [-0.1, -0.05) is 58.4 Å². The van der Waals surface area contributed by atoms with E-state index in [-0.39, 0.29) is 17.9 Å². The van der Waals surface area contributed by atoms with Crippen LogP contribution in [0.25, 0.3) is 0 Å². The van der Waals surface area contributed by atoms with E-state index >= 15 is 0 Å². The minimum Gasteiger partial charge on any atom is -0.445 e. The summed E-state index contributed by atoms with van der Waals surface area (Å²) in [5.41, 5.74) is 2.23. The van der Waals surface area contributed by atoms with Crippen LogP contribution >= 0.6 is 15.9 Å². The van der Waals surface area contributed by atoms with Gasteiger partial charge in [-0.25, -0.2) is 14.2 Å². The van der Waals surface area contributed by atoms with Crippen molar-refractivity contribution in [3.05, 3.63) is 99.8 Å². The summed E-state index contributed by atoms with van der Waals surface area (Å²) in [5, 5.41) is 5.18. The predicted octanol–water partition coefficient (Wildman–Crippen LogP) is 4.63. The lowest BCUT2D eigenvalue weighted by Crippen LogP contribution is -2.42. The van der Waals surface area contributed by atoms with Gasteiger partial charge in [-0.2, -0.15) is 0 Å². The summed E-state index contributed by atoms with van der Waals surface area (Å²) >= 11 is 3.40. The fourth-order valence-electron chi connectivity index (χ4n) is 3.12. The molecule has 0 fully saturated rings. The largest absolute Gasteiger partial charge is 0.445 e. The molecule has 1 aliphatic rings. The fourth-order valence-corrected chi connectivity index (χ4v) is 3.48. The summed E-state index contributed by atoms with van der Waals surface area (Å²) in [6, 6.07) is 20.4. The lowest BCUT2D eigenvalue weighted by molar-refractivity contribution is -0.117. The van der Waals surface area contributed by atoms with E-state index in [4.69, 9.17) is 4.74 Å². The Morgan fingerprint density at radius 3 is 2.58 bits per heavy atom. The molecule has 0 spiro atoms. The molecule has 31 heavy (non-hydrogen) atoms. The van der Waals surface area contributed by atoms with Crippen LogP contribution in [0.15, 0.2) is 82.3 Å². The van der Waals surface area contributed by atoms with Gasteiger partial charge in [0.2, 0.25) is 6.17 Å². The average molecular weight is 482 g/mol. The smallest absolute Gasteiger partial charge is 0.409 e. The number of hydrogen-bond donors (Lipinski definition) is 2. The lowest BCUT2D eigenvalue weighted by Gasteiger charge is -2.13. The molecule has 2 N–H and O–H groups in total. The third kappa shape index (κ3) is 4.80. The van der Waals surface area contributed by atoms with Crippen LogP contribution in [0.4, 0.5) is 14.9 Å². The lowest BCUT2D eigenvalue weighted by atomic mass is 10.0. The number of nitrogens with one attached hydrogen (secondary N) is 2. The Hall–Kier alpha value is -3.52. The van der Waals surface area contributed by atoms with Gasteiger partial charge in [-0.15, -0.1) is 0 Å². The van der Waals surface area contributed by atoms with Crippen LogP contribution < -0.4 is 10.6 Å². The summed E-state index contributed by atoms with van der Waals surface area (Å²) in [5.74, 6) is -1.06. The third-order valence-electron chi connectivity index (χ3n) is 4.60. The molecule has 0 radical (unpaired) electrons. The second-order valence-electron chi connectivity index (χ2n) is 6.75. The third-order valence-corrected chi connectivity index (χ3v) is 5.09. The minimum absolute atomic E-state index is 0.0398.